The second kappa shape index (κ2) is 6.25. The van der Waals surface area contributed by atoms with E-state index in [1.54, 1.807) is 29.1 Å². The Morgan fingerprint density at radius 2 is 1.71 bits per heavy atom. The number of aromatic nitrogens is 2. The third kappa shape index (κ3) is 3.09. The molecule has 120 valence electrons. The van der Waals surface area contributed by atoms with E-state index in [0.717, 1.165) is 5.69 Å². The molecule has 2 amide bonds. The largest absolute Gasteiger partial charge is 0.380 e. The summed E-state index contributed by atoms with van der Waals surface area (Å²) in [6, 6.07) is 15.5. The molecule has 2 aromatic carbocycles. The van der Waals surface area contributed by atoms with E-state index < -0.39 is 11.8 Å². The van der Waals surface area contributed by atoms with Gasteiger partial charge < -0.3 is 16.8 Å². The van der Waals surface area contributed by atoms with Gasteiger partial charge in [0.1, 0.15) is 5.69 Å². The minimum absolute atomic E-state index is 0.193. The van der Waals surface area contributed by atoms with Gasteiger partial charge in [-0.1, -0.05) is 24.3 Å². The van der Waals surface area contributed by atoms with Crippen molar-refractivity contribution in [3.8, 4) is 5.69 Å². The van der Waals surface area contributed by atoms with E-state index in [2.05, 4.69) is 10.4 Å². The van der Waals surface area contributed by atoms with E-state index in [0.29, 0.717) is 11.3 Å². The Labute approximate surface area is 137 Å². The minimum Gasteiger partial charge on any atom is -0.380 e. The van der Waals surface area contributed by atoms with E-state index in [1.807, 2.05) is 30.3 Å². The van der Waals surface area contributed by atoms with E-state index in [1.165, 1.54) is 6.07 Å². The Morgan fingerprint density at radius 3 is 2.42 bits per heavy atom. The molecule has 0 atom stereocenters. The maximum atomic E-state index is 12.3. The van der Waals surface area contributed by atoms with Crippen molar-refractivity contribution < 1.29 is 9.59 Å². The SMILES string of the molecule is NC(=O)c1cccc(C(=O)Nc2cn(-c3ccccc3)nc2N)c1. The van der Waals surface area contributed by atoms with Gasteiger partial charge in [-0.3, -0.25) is 9.59 Å². The fourth-order valence-corrected chi connectivity index (χ4v) is 2.20. The third-order valence-corrected chi connectivity index (χ3v) is 3.42. The monoisotopic (exact) mass is 321 g/mol. The van der Waals surface area contributed by atoms with Crippen molar-refractivity contribution in [1.82, 2.24) is 9.78 Å². The Morgan fingerprint density at radius 1 is 1.00 bits per heavy atom. The predicted molar refractivity (Wildman–Crippen MR) is 90.9 cm³/mol. The molecule has 0 aliphatic rings. The number of hydrogen-bond acceptors (Lipinski definition) is 4. The van der Waals surface area contributed by atoms with Crippen LogP contribution in [-0.4, -0.2) is 21.6 Å². The molecule has 0 bridgehead atoms. The first-order chi connectivity index (χ1) is 11.5. The van der Waals surface area contributed by atoms with E-state index in [-0.39, 0.29) is 11.4 Å². The number of nitrogens with one attached hydrogen (secondary N) is 1. The van der Waals surface area contributed by atoms with Crippen molar-refractivity contribution in [3.63, 3.8) is 0 Å². The average molecular weight is 321 g/mol. The number of primary amides is 1. The van der Waals surface area contributed by atoms with Crippen LogP contribution in [0.15, 0.2) is 60.8 Å². The Bertz CT molecular complexity index is 902. The molecule has 0 aliphatic carbocycles. The number of nitrogens with two attached hydrogens (primary N) is 2. The number of carbonyl (C=O) groups excluding carboxylic acids is 2. The fraction of sp³-hybridized carbons (Fsp3) is 0. The van der Waals surface area contributed by atoms with Crippen molar-refractivity contribution in [1.29, 1.82) is 0 Å². The van der Waals surface area contributed by atoms with Crippen LogP contribution in [0.4, 0.5) is 11.5 Å². The summed E-state index contributed by atoms with van der Waals surface area (Å²) in [7, 11) is 0. The highest BCUT2D eigenvalue weighted by atomic mass is 16.2. The molecule has 7 heteroatoms. The van der Waals surface area contributed by atoms with Crippen LogP contribution >= 0.6 is 0 Å². The quantitative estimate of drug-likeness (QED) is 0.679. The van der Waals surface area contributed by atoms with Gasteiger partial charge in [-0.15, -0.1) is 5.10 Å². The molecule has 0 saturated heterocycles. The van der Waals surface area contributed by atoms with Crippen LogP contribution in [0, 0.1) is 0 Å². The number of anilines is 2. The first-order valence-corrected chi connectivity index (χ1v) is 7.16. The Kier molecular flexibility index (Phi) is 3.98. The van der Waals surface area contributed by atoms with Gasteiger partial charge in [0.15, 0.2) is 5.82 Å². The number of nitrogen functional groups attached to an aromatic ring is 1. The lowest BCUT2D eigenvalue weighted by atomic mass is 10.1. The number of rotatable bonds is 4. The molecule has 0 radical (unpaired) electrons. The Balaban J connectivity index is 1.84. The molecular weight excluding hydrogens is 306 g/mol. The van der Waals surface area contributed by atoms with Crippen molar-refractivity contribution in [3.05, 3.63) is 71.9 Å². The summed E-state index contributed by atoms with van der Waals surface area (Å²) in [5, 5.41) is 6.86. The summed E-state index contributed by atoms with van der Waals surface area (Å²) in [4.78, 5) is 23.5. The van der Waals surface area contributed by atoms with E-state index in [4.69, 9.17) is 11.5 Å². The number of carbonyl (C=O) groups is 2. The van der Waals surface area contributed by atoms with Crippen molar-refractivity contribution in [2.45, 2.75) is 0 Å². The van der Waals surface area contributed by atoms with Crippen LogP contribution in [-0.2, 0) is 0 Å². The normalized spacial score (nSPS) is 10.3. The smallest absolute Gasteiger partial charge is 0.255 e. The van der Waals surface area contributed by atoms with E-state index >= 15 is 0 Å². The standard InChI is InChI=1S/C17H15N5O2/c18-15-14(10-22(21-15)13-7-2-1-3-8-13)20-17(24)12-6-4-5-11(9-12)16(19)23/h1-10H,(H2,18,21)(H2,19,23)(H,20,24). The fourth-order valence-electron chi connectivity index (χ4n) is 2.20. The summed E-state index contributed by atoms with van der Waals surface area (Å²) in [5.74, 6) is -0.809. The zero-order chi connectivity index (χ0) is 17.1. The summed E-state index contributed by atoms with van der Waals surface area (Å²) in [6.45, 7) is 0. The number of benzene rings is 2. The van der Waals surface area contributed by atoms with Gasteiger partial charge in [0.05, 0.1) is 11.9 Å². The maximum absolute atomic E-state index is 12.3. The average Bonchev–Trinajstić information content (AvgIpc) is 2.96. The molecule has 0 unspecified atom stereocenters. The lowest BCUT2D eigenvalue weighted by Gasteiger charge is -2.04. The second-order valence-corrected chi connectivity index (χ2v) is 5.11. The van der Waals surface area contributed by atoms with Gasteiger partial charge in [0.2, 0.25) is 5.91 Å². The van der Waals surface area contributed by atoms with E-state index in [9.17, 15) is 9.59 Å². The predicted octanol–water partition coefficient (Wildman–Crippen LogP) is 1.81. The van der Waals surface area contributed by atoms with Gasteiger partial charge in [0.25, 0.3) is 5.91 Å². The first-order valence-electron chi connectivity index (χ1n) is 7.16. The summed E-state index contributed by atoms with van der Waals surface area (Å²) < 4.78 is 1.57. The van der Waals surface area contributed by atoms with Gasteiger partial charge in [-0.05, 0) is 30.3 Å². The van der Waals surface area contributed by atoms with Gasteiger partial charge in [-0.2, -0.15) is 0 Å². The maximum Gasteiger partial charge on any atom is 0.255 e. The zero-order valence-electron chi connectivity index (χ0n) is 12.6. The Hall–Kier alpha value is -3.61. The van der Waals surface area contributed by atoms with Crippen LogP contribution in [0.5, 0.6) is 0 Å². The first kappa shape index (κ1) is 15.3. The highest BCUT2D eigenvalue weighted by Gasteiger charge is 2.13. The molecule has 1 heterocycles. The topological polar surface area (TPSA) is 116 Å². The molecule has 24 heavy (non-hydrogen) atoms. The molecule has 3 aromatic rings. The second-order valence-electron chi connectivity index (χ2n) is 5.11. The number of nitrogens with zero attached hydrogens (tertiary/aromatic N) is 2. The van der Waals surface area contributed by atoms with Gasteiger partial charge in [0, 0.05) is 11.1 Å². The molecule has 5 N–H and O–H groups in total. The van der Waals surface area contributed by atoms with Crippen LogP contribution in [0.1, 0.15) is 20.7 Å². The molecule has 1 aromatic heterocycles. The van der Waals surface area contributed by atoms with Crippen molar-refractivity contribution >= 4 is 23.3 Å². The van der Waals surface area contributed by atoms with Crippen molar-refractivity contribution in [2.24, 2.45) is 5.73 Å². The van der Waals surface area contributed by atoms with Crippen LogP contribution < -0.4 is 16.8 Å². The number of amides is 2. The summed E-state index contributed by atoms with van der Waals surface area (Å²) in [6.07, 6.45) is 1.63. The van der Waals surface area contributed by atoms with Crippen molar-refractivity contribution in [2.75, 3.05) is 11.1 Å². The highest BCUT2D eigenvalue weighted by Crippen LogP contribution is 2.20. The number of hydrogen-bond donors (Lipinski definition) is 3. The summed E-state index contributed by atoms with van der Waals surface area (Å²) >= 11 is 0. The highest BCUT2D eigenvalue weighted by molar-refractivity contribution is 6.07. The van der Waals surface area contributed by atoms with Crippen LogP contribution in [0.25, 0.3) is 5.69 Å². The molecule has 0 fully saturated rings. The summed E-state index contributed by atoms with van der Waals surface area (Å²) in [5.41, 5.74) is 12.9. The number of para-hydroxylation sites is 1. The third-order valence-electron chi connectivity index (χ3n) is 3.42. The minimum atomic E-state index is -0.596. The van der Waals surface area contributed by atoms with Gasteiger partial charge >= 0.3 is 0 Å². The lowest BCUT2D eigenvalue weighted by molar-refractivity contribution is 0.1000. The molecule has 0 aliphatic heterocycles. The van der Waals surface area contributed by atoms with Crippen LogP contribution in [0.2, 0.25) is 0 Å². The molecule has 3 rings (SSSR count). The molecular formula is C17H15N5O2. The molecule has 7 nitrogen and oxygen atoms in total. The van der Waals surface area contributed by atoms with Gasteiger partial charge in [-0.25, -0.2) is 4.68 Å². The van der Waals surface area contributed by atoms with Crippen LogP contribution in [0.3, 0.4) is 0 Å². The molecule has 0 spiro atoms. The lowest BCUT2D eigenvalue weighted by Crippen LogP contribution is -2.15. The zero-order valence-corrected chi connectivity index (χ0v) is 12.6. The molecule has 0 saturated carbocycles.